The number of benzene rings is 2. The molecule has 2 aromatic carbocycles. The molecule has 0 aliphatic heterocycles. The van der Waals surface area contributed by atoms with E-state index in [1.54, 1.807) is 0 Å². The van der Waals surface area contributed by atoms with Gasteiger partial charge in [0.1, 0.15) is 11.5 Å². The molecule has 126 valence electrons. The Morgan fingerprint density at radius 1 is 0.913 bits per heavy atom. The molecule has 0 fully saturated rings. The largest absolute Gasteiger partial charge is 0.494 e. The Morgan fingerprint density at radius 2 is 1.74 bits per heavy atom. The van der Waals surface area contributed by atoms with Gasteiger partial charge in [0, 0.05) is 5.33 Å². The summed E-state index contributed by atoms with van der Waals surface area (Å²) < 4.78 is 11.7. The van der Waals surface area contributed by atoms with Crippen molar-refractivity contribution in [3.8, 4) is 11.5 Å². The number of alkyl halides is 1. The number of hydrogen-bond donors (Lipinski definition) is 0. The van der Waals surface area contributed by atoms with Gasteiger partial charge in [0.15, 0.2) is 0 Å². The number of hydrogen-bond acceptors (Lipinski definition) is 2. The molecule has 0 unspecified atom stereocenters. The normalized spacial score (nSPS) is 10.9. The molecule has 3 heteroatoms. The van der Waals surface area contributed by atoms with Gasteiger partial charge in [-0.3, -0.25) is 0 Å². The van der Waals surface area contributed by atoms with Crippen LogP contribution in [0.15, 0.2) is 30.3 Å². The van der Waals surface area contributed by atoms with Crippen molar-refractivity contribution in [1.82, 2.24) is 0 Å². The van der Waals surface area contributed by atoms with Gasteiger partial charge < -0.3 is 9.47 Å². The van der Waals surface area contributed by atoms with E-state index in [1.165, 1.54) is 35.6 Å². The first-order valence-electron chi connectivity index (χ1n) is 8.61. The van der Waals surface area contributed by atoms with E-state index in [0.717, 1.165) is 42.9 Å². The molecular formula is C20H27BrO2. The minimum Gasteiger partial charge on any atom is -0.494 e. The minimum absolute atomic E-state index is 0.766. The molecule has 2 rings (SSSR count). The number of aryl methyl sites for hydroxylation is 1. The molecule has 0 bridgehead atoms. The van der Waals surface area contributed by atoms with Gasteiger partial charge >= 0.3 is 0 Å². The lowest BCUT2D eigenvalue weighted by atomic mass is 10.0. The Labute approximate surface area is 148 Å². The molecule has 0 amide bonds. The predicted molar refractivity (Wildman–Crippen MR) is 102 cm³/mol. The van der Waals surface area contributed by atoms with E-state index in [2.05, 4.69) is 60.1 Å². The molecule has 2 nitrogen and oxygen atoms in total. The number of halogens is 1. The van der Waals surface area contributed by atoms with Crippen LogP contribution in [0.1, 0.15) is 44.6 Å². The second-order valence-electron chi connectivity index (χ2n) is 5.87. The van der Waals surface area contributed by atoms with Gasteiger partial charge in [-0.1, -0.05) is 47.8 Å². The van der Waals surface area contributed by atoms with Crippen LogP contribution in [0, 0.1) is 6.92 Å². The van der Waals surface area contributed by atoms with Crippen LogP contribution >= 0.6 is 15.9 Å². The van der Waals surface area contributed by atoms with E-state index in [0.29, 0.717) is 0 Å². The zero-order valence-corrected chi connectivity index (χ0v) is 15.8. The van der Waals surface area contributed by atoms with E-state index < -0.39 is 0 Å². The van der Waals surface area contributed by atoms with Gasteiger partial charge in [-0.05, 0) is 60.7 Å². The van der Waals surface area contributed by atoms with Crippen LogP contribution in [0.3, 0.4) is 0 Å². The first-order chi connectivity index (χ1) is 11.3. The first kappa shape index (κ1) is 18.1. The highest BCUT2D eigenvalue weighted by Gasteiger charge is 2.06. The fourth-order valence-corrected chi connectivity index (χ4v) is 3.04. The maximum Gasteiger partial charge on any atom is 0.122 e. The molecule has 0 heterocycles. The first-order valence-corrected chi connectivity index (χ1v) is 9.73. The monoisotopic (exact) mass is 378 g/mol. The quantitative estimate of drug-likeness (QED) is 0.358. The zero-order chi connectivity index (χ0) is 16.5. The average molecular weight is 379 g/mol. The lowest BCUT2D eigenvalue weighted by Crippen LogP contribution is -1.98. The maximum absolute atomic E-state index is 5.89. The Balaban J connectivity index is 1.96. The SMILES string of the molecule is CCCOc1ccc2cc(OCCCCCCBr)ccc2c1C. The average Bonchev–Trinajstić information content (AvgIpc) is 2.57. The summed E-state index contributed by atoms with van der Waals surface area (Å²) in [6, 6.07) is 10.5. The highest BCUT2D eigenvalue weighted by atomic mass is 79.9. The molecule has 0 atom stereocenters. The molecule has 2 aromatic rings. The summed E-state index contributed by atoms with van der Waals surface area (Å²) in [6.07, 6.45) is 5.90. The van der Waals surface area contributed by atoms with Crippen molar-refractivity contribution in [2.75, 3.05) is 18.5 Å². The molecule has 0 radical (unpaired) electrons. The fraction of sp³-hybridized carbons (Fsp3) is 0.500. The molecular weight excluding hydrogens is 352 g/mol. The summed E-state index contributed by atoms with van der Waals surface area (Å²) in [6.45, 7) is 5.81. The Hall–Kier alpha value is -1.22. The van der Waals surface area contributed by atoms with Crippen molar-refractivity contribution in [3.63, 3.8) is 0 Å². The van der Waals surface area contributed by atoms with E-state index in [1.807, 2.05) is 0 Å². The molecule has 0 saturated carbocycles. The maximum atomic E-state index is 5.89. The summed E-state index contributed by atoms with van der Waals surface area (Å²) in [5.74, 6) is 1.94. The number of rotatable bonds is 10. The van der Waals surface area contributed by atoms with Crippen LogP contribution in [0.25, 0.3) is 10.8 Å². The van der Waals surface area contributed by atoms with Gasteiger partial charge in [-0.2, -0.15) is 0 Å². The summed E-state index contributed by atoms with van der Waals surface area (Å²) in [5, 5.41) is 3.55. The highest BCUT2D eigenvalue weighted by molar-refractivity contribution is 9.09. The van der Waals surface area contributed by atoms with Gasteiger partial charge in [-0.15, -0.1) is 0 Å². The molecule has 0 aromatic heterocycles. The van der Waals surface area contributed by atoms with Crippen LogP contribution in [0.2, 0.25) is 0 Å². The van der Waals surface area contributed by atoms with Gasteiger partial charge in [0.2, 0.25) is 0 Å². The standard InChI is InChI=1S/C20H27BrO2/c1-3-13-23-20-11-8-17-15-18(9-10-19(17)16(20)2)22-14-7-5-4-6-12-21/h8-11,15H,3-7,12-14H2,1-2H3. The Morgan fingerprint density at radius 3 is 2.52 bits per heavy atom. The van der Waals surface area contributed by atoms with E-state index in [-0.39, 0.29) is 0 Å². The van der Waals surface area contributed by atoms with Crippen molar-refractivity contribution in [2.45, 2.75) is 46.0 Å². The van der Waals surface area contributed by atoms with Crippen molar-refractivity contribution in [1.29, 1.82) is 0 Å². The van der Waals surface area contributed by atoms with Crippen LogP contribution in [0.4, 0.5) is 0 Å². The lowest BCUT2D eigenvalue weighted by molar-refractivity contribution is 0.305. The molecule has 0 aliphatic rings. The summed E-state index contributed by atoms with van der Waals surface area (Å²) in [5.41, 5.74) is 1.21. The third-order valence-corrected chi connectivity index (χ3v) is 4.53. The van der Waals surface area contributed by atoms with E-state index >= 15 is 0 Å². The molecule has 0 aliphatic carbocycles. The minimum atomic E-state index is 0.766. The van der Waals surface area contributed by atoms with Crippen molar-refractivity contribution >= 4 is 26.7 Å². The molecule has 23 heavy (non-hydrogen) atoms. The molecule has 0 spiro atoms. The molecule has 0 N–H and O–H groups in total. The second kappa shape index (κ2) is 9.82. The van der Waals surface area contributed by atoms with Crippen molar-refractivity contribution in [2.24, 2.45) is 0 Å². The third kappa shape index (κ3) is 5.42. The van der Waals surface area contributed by atoms with Crippen molar-refractivity contribution in [3.05, 3.63) is 35.9 Å². The summed E-state index contributed by atoms with van der Waals surface area (Å²) in [7, 11) is 0. The Bertz CT molecular complexity index is 610. The third-order valence-electron chi connectivity index (χ3n) is 3.97. The smallest absolute Gasteiger partial charge is 0.122 e. The second-order valence-corrected chi connectivity index (χ2v) is 6.66. The predicted octanol–water partition coefficient (Wildman–Crippen LogP) is 6.27. The van der Waals surface area contributed by atoms with Crippen molar-refractivity contribution < 1.29 is 9.47 Å². The van der Waals surface area contributed by atoms with Gasteiger partial charge in [0.05, 0.1) is 13.2 Å². The van der Waals surface area contributed by atoms with Crippen LogP contribution < -0.4 is 9.47 Å². The summed E-state index contributed by atoms with van der Waals surface area (Å²) in [4.78, 5) is 0. The summed E-state index contributed by atoms with van der Waals surface area (Å²) >= 11 is 3.46. The fourth-order valence-electron chi connectivity index (χ4n) is 2.64. The van der Waals surface area contributed by atoms with E-state index in [9.17, 15) is 0 Å². The van der Waals surface area contributed by atoms with Gasteiger partial charge in [-0.25, -0.2) is 0 Å². The van der Waals surface area contributed by atoms with Gasteiger partial charge in [0.25, 0.3) is 0 Å². The number of ether oxygens (including phenoxy) is 2. The zero-order valence-electron chi connectivity index (χ0n) is 14.2. The molecule has 0 saturated heterocycles. The van der Waals surface area contributed by atoms with Crippen LogP contribution in [0.5, 0.6) is 11.5 Å². The van der Waals surface area contributed by atoms with E-state index in [4.69, 9.17) is 9.47 Å². The topological polar surface area (TPSA) is 18.5 Å². The number of fused-ring (bicyclic) bond motifs is 1. The van der Waals surface area contributed by atoms with Crippen LogP contribution in [-0.2, 0) is 0 Å². The lowest BCUT2D eigenvalue weighted by Gasteiger charge is -2.12. The van der Waals surface area contributed by atoms with Crippen LogP contribution in [-0.4, -0.2) is 18.5 Å². The highest BCUT2D eigenvalue weighted by Crippen LogP contribution is 2.30. The number of unbranched alkanes of at least 4 members (excludes halogenated alkanes) is 3. The Kier molecular flexibility index (Phi) is 7.73.